The fraction of sp³-hybridized carbons (Fsp3) is 0.300. The summed E-state index contributed by atoms with van der Waals surface area (Å²) in [5.74, 6) is 0. The number of ether oxygens (including phenoxy) is 1. The van der Waals surface area contributed by atoms with Crippen LogP contribution in [-0.2, 0) is 4.74 Å². The molecule has 1 aromatic carbocycles. The number of nitrogens with two attached hydrogens (primary N) is 2. The topological polar surface area (TPSA) is 81.6 Å². The number of carbonyl (C=O) groups excluding carboxylic acids is 1. The van der Waals surface area contributed by atoms with E-state index in [2.05, 4.69) is 0 Å². The van der Waals surface area contributed by atoms with Gasteiger partial charge in [0, 0.05) is 12.2 Å². The van der Waals surface area contributed by atoms with Crippen LogP contribution in [0.2, 0.25) is 0 Å². The average molecular weight is 207 g/mol. The van der Waals surface area contributed by atoms with Crippen LogP contribution in [0, 0.1) is 0 Å². The normalized spacial score (nSPS) is 16.3. The number of nitrogens with zero attached hydrogens (tertiary/aromatic N) is 1. The van der Waals surface area contributed by atoms with Crippen LogP contribution in [-0.4, -0.2) is 19.2 Å². The van der Waals surface area contributed by atoms with Crippen LogP contribution in [0.25, 0.3) is 0 Å². The zero-order chi connectivity index (χ0) is 10.8. The molecule has 0 bridgehead atoms. The zero-order valence-corrected chi connectivity index (χ0v) is 8.27. The van der Waals surface area contributed by atoms with Crippen molar-refractivity contribution in [2.24, 2.45) is 0 Å². The third-order valence-electron chi connectivity index (χ3n) is 2.35. The smallest absolute Gasteiger partial charge is 0.414 e. The van der Waals surface area contributed by atoms with Gasteiger partial charge in [0.05, 0.1) is 18.0 Å². The maximum atomic E-state index is 11.4. The molecule has 0 spiro atoms. The Labute approximate surface area is 87.6 Å². The third kappa shape index (κ3) is 1.81. The Kier molecular flexibility index (Phi) is 2.37. The van der Waals surface area contributed by atoms with E-state index in [-0.39, 0.29) is 6.09 Å². The minimum absolute atomic E-state index is 0.328. The molecule has 1 fully saturated rings. The van der Waals surface area contributed by atoms with E-state index in [4.69, 9.17) is 16.2 Å². The van der Waals surface area contributed by atoms with E-state index < -0.39 is 0 Å². The van der Waals surface area contributed by atoms with E-state index in [1.165, 1.54) is 0 Å². The van der Waals surface area contributed by atoms with Gasteiger partial charge in [-0.15, -0.1) is 0 Å². The number of cyclic esters (lactones) is 1. The first kappa shape index (κ1) is 9.64. The van der Waals surface area contributed by atoms with Gasteiger partial charge in [-0.05, 0) is 24.6 Å². The second-order valence-electron chi connectivity index (χ2n) is 3.43. The van der Waals surface area contributed by atoms with Crippen molar-refractivity contribution in [1.82, 2.24) is 0 Å². The van der Waals surface area contributed by atoms with Crippen LogP contribution in [0.3, 0.4) is 0 Å². The maximum absolute atomic E-state index is 11.4. The summed E-state index contributed by atoms with van der Waals surface area (Å²) in [6.45, 7) is 1.14. The number of anilines is 3. The predicted molar refractivity (Wildman–Crippen MR) is 58.6 cm³/mol. The molecule has 5 heteroatoms. The monoisotopic (exact) mass is 207 g/mol. The number of benzene rings is 1. The Hall–Kier alpha value is -1.91. The van der Waals surface area contributed by atoms with Crippen molar-refractivity contribution in [3.05, 3.63) is 18.2 Å². The molecule has 5 nitrogen and oxygen atoms in total. The highest BCUT2D eigenvalue weighted by Gasteiger charge is 2.21. The number of amides is 1. The summed E-state index contributed by atoms with van der Waals surface area (Å²) in [6.07, 6.45) is 0.501. The Balaban J connectivity index is 2.28. The summed E-state index contributed by atoms with van der Waals surface area (Å²) in [5, 5.41) is 0. The lowest BCUT2D eigenvalue weighted by Gasteiger charge is -2.26. The molecule has 0 unspecified atom stereocenters. The predicted octanol–water partition coefficient (Wildman–Crippen LogP) is 1.20. The van der Waals surface area contributed by atoms with Gasteiger partial charge in [-0.2, -0.15) is 0 Å². The van der Waals surface area contributed by atoms with Gasteiger partial charge in [-0.1, -0.05) is 0 Å². The number of nitrogen functional groups attached to an aromatic ring is 2. The Bertz CT molecular complexity index is 392. The van der Waals surface area contributed by atoms with Crippen LogP contribution in [0.15, 0.2) is 18.2 Å². The van der Waals surface area contributed by atoms with Crippen molar-refractivity contribution >= 4 is 23.2 Å². The number of hydrogen-bond acceptors (Lipinski definition) is 4. The molecule has 4 N–H and O–H groups in total. The molecular weight excluding hydrogens is 194 g/mol. The van der Waals surface area contributed by atoms with E-state index >= 15 is 0 Å². The van der Waals surface area contributed by atoms with Crippen LogP contribution in [0.1, 0.15) is 6.42 Å². The number of hydrogen-bond donors (Lipinski definition) is 2. The van der Waals surface area contributed by atoms with E-state index in [0.29, 0.717) is 24.5 Å². The molecule has 0 aromatic heterocycles. The van der Waals surface area contributed by atoms with Crippen molar-refractivity contribution in [3.63, 3.8) is 0 Å². The van der Waals surface area contributed by atoms with Gasteiger partial charge < -0.3 is 16.2 Å². The molecule has 0 saturated carbocycles. The van der Waals surface area contributed by atoms with Crippen molar-refractivity contribution < 1.29 is 9.53 Å². The molecule has 1 aromatic rings. The highest BCUT2D eigenvalue weighted by molar-refractivity contribution is 5.89. The van der Waals surface area contributed by atoms with Crippen molar-refractivity contribution in [3.8, 4) is 0 Å². The molecule has 15 heavy (non-hydrogen) atoms. The minimum atomic E-state index is -0.328. The summed E-state index contributed by atoms with van der Waals surface area (Å²) in [7, 11) is 0. The Morgan fingerprint density at radius 3 is 2.73 bits per heavy atom. The highest BCUT2D eigenvalue weighted by Crippen LogP contribution is 2.24. The SMILES string of the molecule is Nc1ccc(N2CCCOC2=O)cc1N. The van der Waals surface area contributed by atoms with E-state index in [1.807, 2.05) is 0 Å². The van der Waals surface area contributed by atoms with Gasteiger partial charge in [-0.3, -0.25) is 4.90 Å². The summed E-state index contributed by atoms with van der Waals surface area (Å²) < 4.78 is 4.93. The van der Waals surface area contributed by atoms with Gasteiger partial charge in [0.2, 0.25) is 0 Å². The molecule has 0 atom stereocenters. The first-order valence-electron chi connectivity index (χ1n) is 4.78. The second kappa shape index (κ2) is 3.68. The minimum Gasteiger partial charge on any atom is -0.449 e. The van der Waals surface area contributed by atoms with E-state index in [0.717, 1.165) is 12.1 Å². The fourth-order valence-electron chi connectivity index (χ4n) is 1.52. The maximum Gasteiger partial charge on any atom is 0.414 e. The summed E-state index contributed by atoms with van der Waals surface area (Å²) in [6, 6.07) is 5.13. The lowest BCUT2D eigenvalue weighted by molar-refractivity contribution is 0.140. The molecule has 1 amide bonds. The largest absolute Gasteiger partial charge is 0.449 e. The molecule has 80 valence electrons. The summed E-state index contributed by atoms with van der Waals surface area (Å²) >= 11 is 0. The molecule has 1 aliphatic heterocycles. The lowest BCUT2D eigenvalue weighted by atomic mass is 10.2. The third-order valence-corrected chi connectivity index (χ3v) is 2.35. The van der Waals surface area contributed by atoms with Crippen molar-refractivity contribution in [2.75, 3.05) is 29.5 Å². The number of rotatable bonds is 1. The quantitative estimate of drug-likeness (QED) is 0.678. The lowest BCUT2D eigenvalue weighted by Crippen LogP contribution is -2.37. The van der Waals surface area contributed by atoms with Gasteiger partial charge in [0.1, 0.15) is 0 Å². The first-order valence-corrected chi connectivity index (χ1v) is 4.78. The second-order valence-corrected chi connectivity index (χ2v) is 3.43. The molecular formula is C10H13N3O2. The standard InChI is InChI=1S/C10H13N3O2/c11-8-3-2-7(6-9(8)12)13-4-1-5-15-10(13)14/h2-3,6H,1,4-5,11-12H2. The van der Waals surface area contributed by atoms with E-state index in [1.54, 1.807) is 23.1 Å². The molecule has 2 rings (SSSR count). The zero-order valence-electron chi connectivity index (χ0n) is 8.27. The van der Waals surface area contributed by atoms with Gasteiger partial charge in [0.25, 0.3) is 0 Å². The van der Waals surface area contributed by atoms with Crippen LogP contribution >= 0.6 is 0 Å². The summed E-state index contributed by atoms with van der Waals surface area (Å²) in [4.78, 5) is 13.0. The van der Waals surface area contributed by atoms with Crippen molar-refractivity contribution in [2.45, 2.75) is 6.42 Å². The van der Waals surface area contributed by atoms with E-state index in [9.17, 15) is 4.79 Å². The first-order chi connectivity index (χ1) is 7.18. The average Bonchev–Trinajstić information content (AvgIpc) is 2.23. The number of carbonyl (C=O) groups is 1. The molecule has 1 saturated heterocycles. The highest BCUT2D eigenvalue weighted by atomic mass is 16.6. The molecule has 1 heterocycles. The van der Waals surface area contributed by atoms with Gasteiger partial charge >= 0.3 is 6.09 Å². The fourth-order valence-corrected chi connectivity index (χ4v) is 1.52. The summed E-state index contributed by atoms with van der Waals surface area (Å²) in [5.41, 5.74) is 13.0. The Morgan fingerprint density at radius 2 is 2.07 bits per heavy atom. The van der Waals surface area contributed by atoms with Crippen molar-refractivity contribution in [1.29, 1.82) is 0 Å². The molecule has 1 aliphatic rings. The Morgan fingerprint density at radius 1 is 1.27 bits per heavy atom. The molecule has 0 radical (unpaired) electrons. The van der Waals surface area contributed by atoms with Crippen LogP contribution in [0.4, 0.5) is 21.9 Å². The van der Waals surface area contributed by atoms with Gasteiger partial charge in [0.15, 0.2) is 0 Å². The van der Waals surface area contributed by atoms with Gasteiger partial charge in [-0.25, -0.2) is 4.79 Å². The van der Waals surface area contributed by atoms with Crippen LogP contribution in [0.5, 0.6) is 0 Å². The molecule has 0 aliphatic carbocycles. The van der Waals surface area contributed by atoms with Crippen LogP contribution < -0.4 is 16.4 Å².